The second kappa shape index (κ2) is 5.34. The zero-order chi connectivity index (χ0) is 13.0. The van der Waals surface area contributed by atoms with Gasteiger partial charge in [-0.15, -0.1) is 0 Å². The molecule has 1 aromatic carbocycles. The largest absolute Gasteiger partial charge is 0.481 e. The third-order valence-corrected chi connectivity index (χ3v) is 2.08. The highest BCUT2D eigenvalue weighted by Crippen LogP contribution is 2.14. The number of rotatable bonds is 4. The van der Waals surface area contributed by atoms with Crippen LogP contribution < -0.4 is 0 Å². The second-order valence-electron chi connectivity index (χ2n) is 3.47. The minimum absolute atomic E-state index is 0.0310. The Morgan fingerprint density at radius 1 is 1.29 bits per heavy atom. The minimum Gasteiger partial charge on any atom is -0.481 e. The lowest BCUT2D eigenvalue weighted by atomic mass is 10.0. The molecule has 0 bridgehead atoms. The average Bonchev–Trinajstić information content (AvgIpc) is 2.21. The predicted octanol–water partition coefficient (Wildman–Crippen LogP) is 2.41. The molecule has 5 heteroatoms. The van der Waals surface area contributed by atoms with Crippen LogP contribution in [0.1, 0.15) is 18.9 Å². The molecule has 0 aromatic heterocycles. The lowest BCUT2D eigenvalue weighted by molar-refractivity contribution is -0.136. The average molecular weight is 240 g/mol. The molecule has 0 aliphatic heterocycles. The normalized spacial score (nSPS) is 11.4. The Kier molecular flexibility index (Phi) is 4.09. The number of hydrogen-bond acceptors (Lipinski definition) is 2. The van der Waals surface area contributed by atoms with Gasteiger partial charge >= 0.3 is 5.97 Å². The van der Waals surface area contributed by atoms with Crippen molar-refractivity contribution in [1.82, 2.24) is 0 Å². The van der Waals surface area contributed by atoms with Crippen molar-refractivity contribution in [3.8, 4) is 0 Å². The van der Waals surface area contributed by atoms with Crippen LogP contribution in [-0.2, 0) is 9.59 Å². The summed E-state index contributed by atoms with van der Waals surface area (Å²) in [6.07, 6.45) is 0.785. The first-order chi connectivity index (χ1) is 7.90. The Labute approximate surface area is 96.4 Å². The summed E-state index contributed by atoms with van der Waals surface area (Å²) in [5.74, 6) is -3.62. The van der Waals surface area contributed by atoms with Gasteiger partial charge < -0.3 is 5.11 Å². The number of aliphatic carboxylic acids is 1. The van der Waals surface area contributed by atoms with Crippen molar-refractivity contribution < 1.29 is 23.5 Å². The Bertz CT molecular complexity index is 493. The van der Waals surface area contributed by atoms with Gasteiger partial charge in [0.1, 0.15) is 0 Å². The number of carboxylic acids is 1. The summed E-state index contributed by atoms with van der Waals surface area (Å²) in [7, 11) is 0. The van der Waals surface area contributed by atoms with Gasteiger partial charge in [-0.05, 0) is 30.7 Å². The van der Waals surface area contributed by atoms with Crippen LogP contribution in [0.4, 0.5) is 8.78 Å². The summed E-state index contributed by atoms with van der Waals surface area (Å²) >= 11 is 0. The van der Waals surface area contributed by atoms with E-state index in [-0.39, 0.29) is 11.1 Å². The van der Waals surface area contributed by atoms with Gasteiger partial charge in [0.2, 0.25) is 0 Å². The third kappa shape index (κ3) is 3.79. The van der Waals surface area contributed by atoms with Crippen LogP contribution >= 0.6 is 0 Å². The highest BCUT2D eigenvalue weighted by atomic mass is 19.2. The molecular formula is C12H10F2O3. The van der Waals surface area contributed by atoms with Crippen molar-refractivity contribution in [3.05, 3.63) is 41.0 Å². The van der Waals surface area contributed by atoms with Crippen molar-refractivity contribution in [2.24, 2.45) is 0 Å². The van der Waals surface area contributed by atoms with E-state index in [1.54, 1.807) is 0 Å². The van der Waals surface area contributed by atoms with Crippen molar-refractivity contribution in [1.29, 1.82) is 0 Å². The number of benzene rings is 1. The van der Waals surface area contributed by atoms with Crippen LogP contribution in [0.3, 0.4) is 0 Å². The van der Waals surface area contributed by atoms with Gasteiger partial charge in [0.15, 0.2) is 17.4 Å². The SMILES string of the molecule is CC(=O)/C(=C\c1ccc(F)c(F)c1)CC(=O)O. The molecule has 0 spiro atoms. The lowest BCUT2D eigenvalue weighted by Crippen LogP contribution is -2.04. The smallest absolute Gasteiger partial charge is 0.307 e. The first-order valence-corrected chi connectivity index (χ1v) is 4.78. The Morgan fingerprint density at radius 2 is 1.94 bits per heavy atom. The summed E-state index contributed by atoms with van der Waals surface area (Å²) in [4.78, 5) is 21.6. The van der Waals surface area contributed by atoms with Gasteiger partial charge in [-0.1, -0.05) is 6.07 Å². The fourth-order valence-corrected chi connectivity index (χ4v) is 1.24. The minimum atomic E-state index is -1.16. The molecule has 0 amide bonds. The zero-order valence-electron chi connectivity index (χ0n) is 9.04. The maximum Gasteiger partial charge on any atom is 0.307 e. The number of ketones is 1. The van der Waals surface area contributed by atoms with E-state index >= 15 is 0 Å². The van der Waals surface area contributed by atoms with Gasteiger partial charge in [0.25, 0.3) is 0 Å². The maximum absolute atomic E-state index is 12.9. The second-order valence-corrected chi connectivity index (χ2v) is 3.47. The molecule has 0 saturated carbocycles. The van der Waals surface area contributed by atoms with E-state index in [1.165, 1.54) is 19.1 Å². The van der Waals surface area contributed by atoms with Gasteiger partial charge in [-0.2, -0.15) is 0 Å². The van der Waals surface area contributed by atoms with Gasteiger partial charge in [0, 0.05) is 5.57 Å². The molecule has 0 fully saturated rings. The monoisotopic (exact) mass is 240 g/mol. The Balaban J connectivity index is 3.08. The highest BCUT2D eigenvalue weighted by molar-refractivity contribution is 6.01. The highest BCUT2D eigenvalue weighted by Gasteiger charge is 2.09. The lowest BCUT2D eigenvalue weighted by Gasteiger charge is -2.01. The van der Waals surface area contributed by atoms with E-state index in [1.807, 2.05) is 0 Å². The summed E-state index contributed by atoms with van der Waals surface area (Å²) < 4.78 is 25.5. The molecular weight excluding hydrogens is 230 g/mol. The van der Waals surface area contributed by atoms with Crippen LogP contribution in [0.15, 0.2) is 23.8 Å². The maximum atomic E-state index is 12.9. The molecule has 90 valence electrons. The van der Waals surface area contributed by atoms with E-state index in [9.17, 15) is 18.4 Å². The van der Waals surface area contributed by atoms with Crippen molar-refractivity contribution in [3.63, 3.8) is 0 Å². The first-order valence-electron chi connectivity index (χ1n) is 4.78. The van der Waals surface area contributed by atoms with Crippen LogP contribution in [0.5, 0.6) is 0 Å². The Hall–Kier alpha value is -2.04. The quantitative estimate of drug-likeness (QED) is 0.822. The molecule has 1 N–H and O–H groups in total. The van der Waals surface area contributed by atoms with Gasteiger partial charge in [0.05, 0.1) is 6.42 Å². The molecule has 17 heavy (non-hydrogen) atoms. The number of carbonyl (C=O) groups excluding carboxylic acids is 1. The van der Waals surface area contributed by atoms with E-state index in [2.05, 4.69) is 0 Å². The fourth-order valence-electron chi connectivity index (χ4n) is 1.24. The fraction of sp³-hybridized carbons (Fsp3) is 0.167. The molecule has 0 atom stereocenters. The van der Waals surface area contributed by atoms with E-state index in [0.29, 0.717) is 0 Å². The predicted molar refractivity (Wildman–Crippen MR) is 57.3 cm³/mol. The number of carboxylic acid groups (broad SMARTS) is 1. The molecule has 0 aliphatic carbocycles. The molecule has 3 nitrogen and oxygen atoms in total. The number of carbonyl (C=O) groups is 2. The van der Waals surface area contributed by atoms with Crippen molar-refractivity contribution in [2.45, 2.75) is 13.3 Å². The Morgan fingerprint density at radius 3 is 2.41 bits per heavy atom. The zero-order valence-corrected chi connectivity index (χ0v) is 9.04. The number of hydrogen-bond donors (Lipinski definition) is 1. The first kappa shape index (κ1) is 13.0. The van der Waals surface area contributed by atoms with Crippen LogP contribution in [0.2, 0.25) is 0 Å². The number of Topliss-reactive ketones (excluding diaryl/α,β-unsaturated/α-hetero) is 1. The summed E-state index contributed by atoms with van der Waals surface area (Å²) in [5, 5.41) is 8.58. The van der Waals surface area contributed by atoms with Crippen molar-refractivity contribution in [2.75, 3.05) is 0 Å². The number of halogens is 2. The van der Waals surface area contributed by atoms with Crippen molar-refractivity contribution >= 4 is 17.8 Å². The summed E-state index contributed by atoms with van der Waals surface area (Å²) in [6.45, 7) is 1.22. The third-order valence-electron chi connectivity index (χ3n) is 2.08. The topological polar surface area (TPSA) is 54.4 Å². The molecule has 0 radical (unpaired) electrons. The summed E-state index contributed by atoms with van der Waals surface area (Å²) in [5.41, 5.74) is 0.277. The van der Waals surface area contributed by atoms with Crippen LogP contribution in [0.25, 0.3) is 6.08 Å². The van der Waals surface area contributed by atoms with Crippen LogP contribution in [-0.4, -0.2) is 16.9 Å². The standard InChI is InChI=1S/C12H10F2O3/c1-7(15)9(6-12(16)17)4-8-2-3-10(13)11(14)5-8/h2-5H,6H2,1H3,(H,16,17)/b9-4-. The molecule has 1 rings (SSSR count). The molecule has 0 saturated heterocycles. The van der Waals surface area contributed by atoms with E-state index in [4.69, 9.17) is 5.11 Å². The molecule has 0 heterocycles. The van der Waals surface area contributed by atoms with Gasteiger partial charge in [-0.3, -0.25) is 9.59 Å². The van der Waals surface area contributed by atoms with E-state index in [0.717, 1.165) is 12.1 Å². The van der Waals surface area contributed by atoms with Gasteiger partial charge in [-0.25, -0.2) is 8.78 Å². The molecule has 1 aromatic rings. The molecule has 0 aliphatic rings. The summed E-state index contributed by atoms with van der Waals surface area (Å²) in [6, 6.07) is 3.09. The van der Waals surface area contributed by atoms with E-state index < -0.39 is 29.8 Å². The van der Waals surface area contributed by atoms with Crippen LogP contribution in [0, 0.1) is 11.6 Å². The molecule has 0 unspecified atom stereocenters.